The normalized spacial score (nSPS) is 10.1. The van der Waals surface area contributed by atoms with E-state index in [2.05, 4.69) is 0 Å². The van der Waals surface area contributed by atoms with Crippen molar-refractivity contribution in [1.82, 2.24) is 0 Å². The summed E-state index contributed by atoms with van der Waals surface area (Å²) >= 11 is 0. The number of carbonyl (C=O) groups is 1. The van der Waals surface area contributed by atoms with Gasteiger partial charge >= 0.3 is 11.7 Å². The highest BCUT2D eigenvalue weighted by Gasteiger charge is 2.18. The maximum Gasteiger partial charge on any atom is 0.343 e. The van der Waals surface area contributed by atoms with E-state index in [0.29, 0.717) is 5.56 Å². The van der Waals surface area contributed by atoms with Gasteiger partial charge in [0.25, 0.3) is 0 Å². The molecule has 0 atom stereocenters. The van der Waals surface area contributed by atoms with E-state index >= 15 is 0 Å². The van der Waals surface area contributed by atoms with Gasteiger partial charge in [-0.1, -0.05) is 23.8 Å². The van der Waals surface area contributed by atoms with Crippen LogP contribution in [-0.2, 0) is 0 Å². The maximum atomic E-state index is 12.0. The summed E-state index contributed by atoms with van der Waals surface area (Å²) in [6.07, 6.45) is 0. The molecule has 0 saturated heterocycles. The van der Waals surface area contributed by atoms with Gasteiger partial charge in [0.1, 0.15) is 0 Å². The maximum absolute atomic E-state index is 12.0. The first-order chi connectivity index (χ1) is 9.47. The molecule has 0 amide bonds. The first-order valence-corrected chi connectivity index (χ1v) is 6.01. The molecule has 0 saturated carbocycles. The van der Waals surface area contributed by atoms with E-state index < -0.39 is 10.9 Å². The number of hydrogen-bond acceptors (Lipinski definition) is 4. The van der Waals surface area contributed by atoms with Crippen molar-refractivity contribution in [3.8, 4) is 5.75 Å². The fourth-order valence-corrected chi connectivity index (χ4v) is 1.70. The Kier molecular flexibility index (Phi) is 3.79. The van der Waals surface area contributed by atoms with Gasteiger partial charge in [-0.25, -0.2) is 4.79 Å². The van der Waals surface area contributed by atoms with Crippen LogP contribution in [0.25, 0.3) is 0 Å². The van der Waals surface area contributed by atoms with E-state index in [0.717, 1.165) is 11.1 Å². The lowest BCUT2D eigenvalue weighted by Crippen LogP contribution is -2.09. The van der Waals surface area contributed by atoms with Crippen LogP contribution >= 0.6 is 0 Å². The molecule has 0 aromatic heterocycles. The number of nitrogens with zero attached hydrogens (tertiary/aromatic N) is 1. The Labute approximate surface area is 116 Å². The molecule has 0 fully saturated rings. The molecule has 0 aliphatic heterocycles. The third-order valence-electron chi connectivity index (χ3n) is 2.80. The molecular weight excluding hydrogens is 258 g/mol. The van der Waals surface area contributed by atoms with Crippen molar-refractivity contribution in [2.45, 2.75) is 13.8 Å². The first-order valence-electron chi connectivity index (χ1n) is 6.01. The zero-order valence-corrected chi connectivity index (χ0v) is 11.1. The van der Waals surface area contributed by atoms with Crippen molar-refractivity contribution in [1.29, 1.82) is 0 Å². The van der Waals surface area contributed by atoms with E-state index in [1.165, 1.54) is 12.1 Å². The summed E-state index contributed by atoms with van der Waals surface area (Å²) in [7, 11) is 0. The smallest absolute Gasteiger partial charge is 0.343 e. The minimum Gasteiger partial charge on any atom is -0.416 e. The molecule has 2 rings (SSSR count). The van der Waals surface area contributed by atoms with Crippen LogP contribution in [0, 0.1) is 24.0 Å². The Morgan fingerprint density at radius 3 is 2.25 bits per heavy atom. The molecule has 0 unspecified atom stereocenters. The van der Waals surface area contributed by atoms with Crippen molar-refractivity contribution in [3.63, 3.8) is 0 Å². The number of nitro groups is 1. The van der Waals surface area contributed by atoms with E-state index in [9.17, 15) is 14.9 Å². The molecule has 0 aliphatic carbocycles. The summed E-state index contributed by atoms with van der Waals surface area (Å²) in [6.45, 7) is 3.67. The van der Waals surface area contributed by atoms with E-state index in [-0.39, 0.29) is 11.4 Å². The van der Waals surface area contributed by atoms with Gasteiger partial charge in [0, 0.05) is 6.07 Å². The second kappa shape index (κ2) is 5.52. The summed E-state index contributed by atoms with van der Waals surface area (Å²) in [4.78, 5) is 22.3. The van der Waals surface area contributed by atoms with E-state index in [4.69, 9.17) is 4.74 Å². The van der Waals surface area contributed by atoms with Gasteiger partial charge in [-0.2, -0.15) is 0 Å². The predicted octanol–water partition coefficient (Wildman–Crippen LogP) is 3.43. The average Bonchev–Trinajstić information content (AvgIpc) is 2.39. The highest BCUT2D eigenvalue weighted by molar-refractivity contribution is 5.91. The van der Waals surface area contributed by atoms with Gasteiger partial charge in [0.2, 0.25) is 5.75 Å². The van der Waals surface area contributed by atoms with Crippen molar-refractivity contribution in [2.75, 3.05) is 0 Å². The third-order valence-corrected chi connectivity index (χ3v) is 2.80. The molecule has 2 aromatic carbocycles. The van der Waals surface area contributed by atoms with Crippen molar-refractivity contribution >= 4 is 11.7 Å². The Bertz CT molecular complexity index is 662. The Morgan fingerprint density at radius 2 is 1.65 bits per heavy atom. The highest BCUT2D eigenvalue weighted by Crippen LogP contribution is 2.28. The van der Waals surface area contributed by atoms with Crippen molar-refractivity contribution in [2.24, 2.45) is 0 Å². The number of esters is 1. The largest absolute Gasteiger partial charge is 0.416 e. The van der Waals surface area contributed by atoms with Gasteiger partial charge in [-0.15, -0.1) is 0 Å². The minimum atomic E-state index is -0.612. The molecule has 0 bridgehead atoms. The molecule has 0 aliphatic rings. The van der Waals surface area contributed by atoms with Crippen LogP contribution in [0.15, 0.2) is 42.5 Å². The third kappa shape index (κ3) is 3.00. The number of ether oxygens (including phenoxy) is 1. The van der Waals surface area contributed by atoms with E-state index in [1.807, 2.05) is 6.92 Å². The Hall–Kier alpha value is -2.69. The fraction of sp³-hybridized carbons (Fsp3) is 0.133. The van der Waals surface area contributed by atoms with Gasteiger partial charge in [-0.3, -0.25) is 10.1 Å². The molecule has 2 aromatic rings. The minimum absolute atomic E-state index is 0.0411. The summed E-state index contributed by atoms with van der Waals surface area (Å²) in [5.74, 6) is -0.653. The predicted molar refractivity (Wildman–Crippen MR) is 74.0 cm³/mol. The summed E-state index contributed by atoms with van der Waals surface area (Å²) in [5, 5.41) is 10.9. The molecule has 0 heterocycles. The molecule has 0 radical (unpaired) electrons. The van der Waals surface area contributed by atoms with Crippen LogP contribution in [0.2, 0.25) is 0 Å². The van der Waals surface area contributed by atoms with Gasteiger partial charge in [0.05, 0.1) is 10.5 Å². The van der Waals surface area contributed by atoms with Gasteiger partial charge in [-0.05, 0) is 37.6 Å². The van der Waals surface area contributed by atoms with Crippen LogP contribution in [0.5, 0.6) is 5.75 Å². The van der Waals surface area contributed by atoms with Gasteiger partial charge < -0.3 is 4.74 Å². The number of hydrogen-bond donors (Lipinski definition) is 0. The van der Waals surface area contributed by atoms with Crippen LogP contribution in [0.3, 0.4) is 0 Å². The van der Waals surface area contributed by atoms with Gasteiger partial charge in [0.15, 0.2) is 0 Å². The highest BCUT2D eigenvalue weighted by atomic mass is 16.6. The molecule has 5 heteroatoms. The number of rotatable bonds is 3. The first kappa shape index (κ1) is 13.7. The second-order valence-electron chi connectivity index (χ2n) is 4.48. The summed E-state index contributed by atoms with van der Waals surface area (Å²) in [6, 6.07) is 11.2. The molecular formula is C15H13NO4. The molecule has 20 heavy (non-hydrogen) atoms. The Morgan fingerprint density at radius 1 is 1.05 bits per heavy atom. The van der Waals surface area contributed by atoms with Crippen molar-refractivity contribution < 1.29 is 14.5 Å². The molecule has 5 nitrogen and oxygen atoms in total. The van der Waals surface area contributed by atoms with Crippen LogP contribution in [-0.4, -0.2) is 10.9 Å². The lowest BCUT2D eigenvalue weighted by atomic mass is 10.1. The average molecular weight is 271 g/mol. The monoisotopic (exact) mass is 271 g/mol. The number of carbonyl (C=O) groups excluding carboxylic acids is 1. The molecule has 0 spiro atoms. The van der Waals surface area contributed by atoms with E-state index in [1.54, 1.807) is 37.3 Å². The summed E-state index contributed by atoms with van der Waals surface area (Å²) in [5.41, 5.74) is 1.92. The van der Waals surface area contributed by atoms with Crippen LogP contribution < -0.4 is 4.74 Å². The van der Waals surface area contributed by atoms with Crippen LogP contribution in [0.4, 0.5) is 5.69 Å². The topological polar surface area (TPSA) is 69.4 Å². The Balaban J connectivity index is 2.29. The lowest BCUT2D eigenvalue weighted by Gasteiger charge is -2.06. The fourth-order valence-electron chi connectivity index (χ4n) is 1.70. The number of aryl methyl sites for hydroxylation is 2. The standard InChI is InChI=1S/C15H13NO4/c1-10-3-6-12(7-4-10)15(17)20-14-9-11(2)5-8-13(14)16(18)19/h3-9H,1-2H3. The number of nitro benzene ring substituents is 1. The molecule has 0 N–H and O–H groups in total. The lowest BCUT2D eigenvalue weighted by molar-refractivity contribution is -0.385. The zero-order valence-electron chi connectivity index (χ0n) is 11.1. The molecule has 102 valence electrons. The summed E-state index contributed by atoms with van der Waals surface area (Å²) < 4.78 is 5.13. The quantitative estimate of drug-likeness (QED) is 0.371. The second-order valence-corrected chi connectivity index (χ2v) is 4.48. The zero-order chi connectivity index (χ0) is 14.7. The number of benzene rings is 2. The SMILES string of the molecule is Cc1ccc(C(=O)Oc2cc(C)ccc2[N+](=O)[O-])cc1. The van der Waals surface area contributed by atoms with Crippen LogP contribution in [0.1, 0.15) is 21.5 Å². The van der Waals surface area contributed by atoms with Crippen molar-refractivity contribution in [3.05, 3.63) is 69.3 Å².